The summed E-state index contributed by atoms with van der Waals surface area (Å²) < 4.78 is 26.9. The van der Waals surface area contributed by atoms with E-state index in [0.29, 0.717) is 24.3 Å². The quantitative estimate of drug-likeness (QED) is 0.754. The fraction of sp³-hybridized carbons (Fsp3) is 0.250. The van der Waals surface area contributed by atoms with Gasteiger partial charge in [0.1, 0.15) is 0 Å². The maximum atomic E-state index is 12.8. The van der Waals surface area contributed by atoms with Crippen molar-refractivity contribution in [3.8, 4) is 0 Å². The highest BCUT2D eigenvalue weighted by atomic mass is 32.2. The van der Waals surface area contributed by atoms with Crippen molar-refractivity contribution < 1.29 is 13.2 Å². The minimum atomic E-state index is -3.58. The van der Waals surface area contributed by atoms with Gasteiger partial charge >= 0.3 is 0 Å². The number of benzene rings is 2. The molecule has 0 atom stereocenters. The standard InChI is InChI=1S/C20H24N2O3S/c1-4-22(5-2)26(24,25)19-15-18(13-11-16(19)3)21-20(23)14-12-17-9-7-6-8-10-17/h6-15H,4-5H2,1-3H3,(H,21,23)/b14-12+. The first-order valence-electron chi connectivity index (χ1n) is 8.53. The number of carbonyl (C=O) groups excluding carboxylic acids is 1. The van der Waals surface area contributed by atoms with Gasteiger partial charge < -0.3 is 5.32 Å². The molecule has 0 saturated carbocycles. The highest BCUT2D eigenvalue weighted by molar-refractivity contribution is 7.89. The number of nitrogens with one attached hydrogen (secondary N) is 1. The number of anilines is 1. The van der Waals surface area contributed by atoms with Crippen molar-refractivity contribution in [3.05, 3.63) is 65.7 Å². The third-order valence-corrected chi connectivity index (χ3v) is 6.20. The normalized spacial score (nSPS) is 11.8. The van der Waals surface area contributed by atoms with E-state index in [1.54, 1.807) is 39.0 Å². The van der Waals surface area contributed by atoms with Gasteiger partial charge in [-0.3, -0.25) is 4.79 Å². The summed E-state index contributed by atoms with van der Waals surface area (Å²) in [6.45, 7) is 6.15. The molecule has 2 aromatic carbocycles. The van der Waals surface area contributed by atoms with Crippen molar-refractivity contribution in [2.24, 2.45) is 0 Å². The molecule has 0 aliphatic carbocycles. The number of hydrogen-bond donors (Lipinski definition) is 1. The molecule has 0 aliphatic rings. The van der Waals surface area contributed by atoms with Gasteiger partial charge in [-0.15, -0.1) is 0 Å². The second kappa shape index (κ2) is 8.78. The van der Waals surface area contributed by atoms with Crippen LogP contribution in [0.5, 0.6) is 0 Å². The maximum absolute atomic E-state index is 12.8. The molecule has 0 saturated heterocycles. The van der Waals surface area contributed by atoms with Gasteiger partial charge in [0.2, 0.25) is 15.9 Å². The van der Waals surface area contributed by atoms with Crippen LogP contribution in [0.3, 0.4) is 0 Å². The zero-order chi connectivity index (χ0) is 19.2. The first-order valence-corrected chi connectivity index (χ1v) is 9.97. The molecule has 0 radical (unpaired) electrons. The van der Waals surface area contributed by atoms with Crippen molar-refractivity contribution in [3.63, 3.8) is 0 Å². The number of amides is 1. The average Bonchev–Trinajstić information content (AvgIpc) is 2.63. The van der Waals surface area contributed by atoms with Crippen LogP contribution in [0.25, 0.3) is 6.08 Å². The number of hydrogen-bond acceptors (Lipinski definition) is 3. The third kappa shape index (κ3) is 4.80. The molecule has 0 spiro atoms. The fourth-order valence-corrected chi connectivity index (χ4v) is 4.29. The zero-order valence-electron chi connectivity index (χ0n) is 15.3. The number of carbonyl (C=O) groups is 1. The van der Waals surface area contributed by atoms with Crippen LogP contribution in [0.1, 0.15) is 25.0 Å². The highest BCUT2D eigenvalue weighted by Gasteiger charge is 2.23. The lowest BCUT2D eigenvalue weighted by molar-refractivity contribution is -0.111. The number of rotatable bonds is 7. The van der Waals surface area contributed by atoms with Gasteiger partial charge in [-0.1, -0.05) is 50.2 Å². The van der Waals surface area contributed by atoms with Crippen LogP contribution in [0.4, 0.5) is 5.69 Å². The Morgan fingerprint density at radius 3 is 2.35 bits per heavy atom. The summed E-state index contributed by atoms with van der Waals surface area (Å²) in [6.07, 6.45) is 3.13. The van der Waals surface area contributed by atoms with E-state index in [4.69, 9.17) is 0 Å². The Labute approximate surface area is 155 Å². The Hall–Kier alpha value is -2.44. The lowest BCUT2D eigenvalue weighted by Gasteiger charge is -2.20. The Morgan fingerprint density at radius 2 is 1.73 bits per heavy atom. The lowest BCUT2D eigenvalue weighted by atomic mass is 10.2. The van der Waals surface area contributed by atoms with Crippen LogP contribution >= 0.6 is 0 Å². The highest BCUT2D eigenvalue weighted by Crippen LogP contribution is 2.23. The van der Waals surface area contributed by atoms with Crippen molar-refractivity contribution in [1.29, 1.82) is 0 Å². The number of nitrogens with zero attached hydrogens (tertiary/aromatic N) is 1. The van der Waals surface area contributed by atoms with E-state index in [2.05, 4.69) is 5.32 Å². The van der Waals surface area contributed by atoms with Gasteiger partial charge in [0.25, 0.3) is 0 Å². The molecule has 0 heterocycles. The van der Waals surface area contributed by atoms with E-state index < -0.39 is 10.0 Å². The van der Waals surface area contributed by atoms with Crippen molar-refractivity contribution in [2.45, 2.75) is 25.7 Å². The first kappa shape index (κ1) is 19.9. The SMILES string of the molecule is CCN(CC)S(=O)(=O)c1cc(NC(=O)/C=C/c2ccccc2)ccc1C. The van der Waals surface area contributed by atoms with Gasteiger partial charge in [0, 0.05) is 24.9 Å². The molecule has 0 fully saturated rings. The first-order chi connectivity index (χ1) is 12.4. The second-order valence-corrected chi connectivity index (χ2v) is 7.71. The van der Waals surface area contributed by atoms with E-state index in [1.165, 1.54) is 16.4 Å². The molecular weight excluding hydrogens is 348 g/mol. The summed E-state index contributed by atoms with van der Waals surface area (Å²) in [5, 5.41) is 2.72. The summed E-state index contributed by atoms with van der Waals surface area (Å²) in [5.74, 6) is -0.316. The molecular formula is C20H24N2O3S. The van der Waals surface area contributed by atoms with Crippen LogP contribution in [0, 0.1) is 6.92 Å². The van der Waals surface area contributed by atoms with Gasteiger partial charge in [-0.2, -0.15) is 4.31 Å². The molecule has 138 valence electrons. The largest absolute Gasteiger partial charge is 0.322 e. The minimum absolute atomic E-state index is 0.214. The Bertz CT molecular complexity index is 887. The predicted molar refractivity (Wildman–Crippen MR) is 105 cm³/mol. The Morgan fingerprint density at radius 1 is 1.08 bits per heavy atom. The molecule has 1 amide bonds. The smallest absolute Gasteiger partial charge is 0.248 e. The fourth-order valence-electron chi connectivity index (χ4n) is 2.58. The van der Waals surface area contributed by atoms with Crippen LogP contribution in [0.15, 0.2) is 59.5 Å². The minimum Gasteiger partial charge on any atom is -0.322 e. The molecule has 1 N–H and O–H groups in total. The van der Waals surface area contributed by atoms with Crippen molar-refractivity contribution in [2.75, 3.05) is 18.4 Å². The van der Waals surface area contributed by atoms with Crippen molar-refractivity contribution >= 4 is 27.7 Å². The number of sulfonamides is 1. The molecule has 5 nitrogen and oxygen atoms in total. The van der Waals surface area contributed by atoms with Gasteiger partial charge in [-0.05, 0) is 36.3 Å². The van der Waals surface area contributed by atoms with E-state index >= 15 is 0 Å². The van der Waals surface area contributed by atoms with E-state index in [-0.39, 0.29) is 10.8 Å². The van der Waals surface area contributed by atoms with Crippen LogP contribution in [0.2, 0.25) is 0 Å². The molecule has 0 aromatic heterocycles. The monoisotopic (exact) mass is 372 g/mol. The molecule has 0 bridgehead atoms. The van der Waals surface area contributed by atoms with E-state index in [9.17, 15) is 13.2 Å². The molecule has 26 heavy (non-hydrogen) atoms. The summed E-state index contributed by atoms with van der Waals surface area (Å²) >= 11 is 0. The van der Waals surface area contributed by atoms with Crippen LogP contribution in [-0.2, 0) is 14.8 Å². The predicted octanol–water partition coefficient (Wildman–Crippen LogP) is 3.68. The second-order valence-electron chi connectivity index (χ2n) is 5.80. The molecule has 2 rings (SSSR count). The van der Waals surface area contributed by atoms with Gasteiger partial charge in [0.15, 0.2) is 0 Å². The Kier molecular flexibility index (Phi) is 6.71. The zero-order valence-corrected chi connectivity index (χ0v) is 16.1. The topological polar surface area (TPSA) is 66.5 Å². The summed E-state index contributed by atoms with van der Waals surface area (Å²) in [6, 6.07) is 14.4. The molecule has 6 heteroatoms. The maximum Gasteiger partial charge on any atom is 0.248 e. The van der Waals surface area contributed by atoms with E-state index in [0.717, 1.165) is 5.56 Å². The van der Waals surface area contributed by atoms with Crippen molar-refractivity contribution in [1.82, 2.24) is 4.31 Å². The van der Waals surface area contributed by atoms with Crippen LogP contribution in [-0.4, -0.2) is 31.7 Å². The van der Waals surface area contributed by atoms with E-state index in [1.807, 2.05) is 30.3 Å². The molecule has 0 unspecified atom stereocenters. The third-order valence-electron chi connectivity index (χ3n) is 4.01. The van der Waals surface area contributed by atoms with Gasteiger partial charge in [0.05, 0.1) is 4.90 Å². The van der Waals surface area contributed by atoms with Gasteiger partial charge in [-0.25, -0.2) is 8.42 Å². The lowest BCUT2D eigenvalue weighted by Crippen LogP contribution is -2.31. The molecule has 0 aliphatic heterocycles. The Balaban J connectivity index is 2.21. The molecule has 2 aromatic rings. The average molecular weight is 372 g/mol. The van der Waals surface area contributed by atoms with Crippen LogP contribution < -0.4 is 5.32 Å². The summed E-state index contributed by atoms with van der Waals surface area (Å²) in [7, 11) is -3.58. The number of aryl methyl sites for hydroxylation is 1. The summed E-state index contributed by atoms with van der Waals surface area (Å²) in [4.78, 5) is 12.3. The summed E-state index contributed by atoms with van der Waals surface area (Å²) in [5.41, 5.74) is 2.01.